The second-order valence-electron chi connectivity index (χ2n) is 4.35. The Hall–Kier alpha value is -0.800. The Morgan fingerprint density at radius 2 is 2.11 bits per heavy atom. The fourth-order valence-electron chi connectivity index (χ4n) is 2.11. The van der Waals surface area contributed by atoms with Crippen LogP contribution in [-0.2, 0) is 11.9 Å². The maximum absolute atomic E-state index is 3.51. The number of alkyl halides is 1. The van der Waals surface area contributed by atoms with E-state index in [1.807, 2.05) is 11.3 Å². The first kappa shape index (κ1) is 13.6. The summed E-state index contributed by atoms with van der Waals surface area (Å²) in [6.45, 7) is 6.44. The van der Waals surface area contributed by atoms with Crippen molar-refractivity contribution < 1.29 is 0 Å². The van der Waals surface area contributed by atoms with Crippen molar-refractivity contribution in [1.82, 2.24) is 0 Å². The lowest BCUT2D eigenvalue weighted by Gasteiger charge is -2.24. The first-order chi connectivity index (χ1) is 8.74. The van der Waals surface area contributed by atoms with Crippen LogP contribution in [0, 0.1) is 6.92 Å². The molecule has 96 valence electrons. The fourth-order valence-corrected chi connectivity index (χ4v) is 3.18. The fraction of sp³-hybridized carbons (Fsp3) is 0.333. The van der Waals surface area contributed by atoms with Gasteiger partial charge in [0.25, 0.3) is 0 Å². The number of hydrogen-bond donors (Lipinski definition) is 0. The van der Waals surface area contributed by atoms with Crippen LogP contribution >= 0.6 is 27.3 Å². The van der Waals surface area contributed by atoms with Gasteiger partial charge in [-0.1, -0.05) is 34.1 Å². The van der Waals surface area contributed by atoms with Crippen molar-refractivity contribution in [3.63, 3.8) is 0 Å². The number of benzene rings is 1. The van der Waals surface area contributed by atoms with Crippen molar-refractivity contribution in [1.29, 1.82) is 0 Å². The summed E-state index contributed by atoms with van der Waals surface area (Å²) in [6.07, 6.45) is 0. The van der Waals surface area contributed by atoms with E-state index in [0.717, 1.165) is 18.4 Å². The van der Waals surface area contributed by atoms with Crippen molar-refractivity contribution >= 4 is 33.0 Å². The van der Waals surface area contributed by atoms with E-state index in [9.17, 15) is 0 Å². The van der Waals surface area contributed by atoms with Gasteiger partial charge in [-0.05, 0) is 42.5 Å². The number of hydrogen-bond acceptors (Lipinski definition) is 2. The Morgan fingerprint density at radius 1 is 1.28 bits per heavy atom. The zero-order valence-corrected chi connectivity index (χ0v) is 13.2. The van der Waals surface area contributed by atoms with Crippen LogP contribution in [0.15, 0.2) is 35.7 Å². The number of halogens is 1. The van der Waals surface area contributed by atoms with Gasteiger partial charge in [0.1, 0.15) is 0 Å². The Balaban J connectivity index is 2.22. The molecule has 1 nitrogen and oxygen atoms in total. The molecule has 0 atom stereocenters. The minimum Gasteiger partial charge on any atom is -0.366 e. The van der Waals surface area contributed by atoms with Crippen LogP contribution in [0.25, 0.3) is 0 Å². The molecule has 18 heavy (non-hydrogen) atoms. The van der Waals surface area contributed by atoms with Crippen molar-refractivity contribution in [2.45, 2.75) is 25.7 Å². The summed E-state index contributed by atoms with van der Waals surface area (Å²) in [5.74, 6) is 0. The molecule has 3 heteroatoms. The maximum atomic E-state index is 3.51. The summed E-state index contributed by atoms with van der Waals surface area (Å²) in [5, 5.41) is 3.06. The first-order valence-electron chi connectivity index (χ1n) is 6.17. The lowest BCUT2D eigenvalue weighted by molar-refractivity contribution is 0.838. The highest BCUT2D eigenvalue weighted by Gasteiger charge is 2.09. The summed E-state index contributed by atoms with van der Waals surface area (Å²) < 4.78 is 0. The van der Waals surface area contributed by atoms with Crippen LogP contribution in [0.1, 0.15) is 22.9 Å². The quantitative estimate of drug-likeness (QED) is 0.701. The Kier molecular flexibility index (Phi) is 4.84. The predicted molar refractivity (Wildman–Crippen MR) is 84.9 cm³/mol. The van der Waals surface area contributed by atoms with Crippen LogP contribution in [0.2, 0.25) is 0 Å². The minimum absolute atomic E-state index is 0.922. The predicted octanol–water partition coefficient (Wildman–Crippen LogP) is 4.98. The third-order valence-electron chi connectivity index (χ3n) is 3.06. The summed E-state index contributed by atoms with van der Waals surface area (Å²) in [4.78, 5) is 3.85. The van der Waals surface area contributed by atoms with Crippen molar-refractivity contribution in [2.75, 3.05) is 11.4 Å². The molecule has 0 unspecified atom stereocenters. The van der Waals surface area contributed by atoms with Crippen LogP contribution < -0.4 is 4.90 Å². The van der Waals surface area contributed by atoms with E-state index in [2.05, 4.69) is 70.4 Å². The second kappa shape index (κ2) is 6.39. The summed E-state index contributed by atoms with van der Waals surface area (Å²) in [6, 6.07) is 11.0. The summed E-state index contributed by atoms with van der Waals surface area (Å²) in [5.41, 5.74) is 4.03. The molecule has 2 rings (SSSR count). The van der Waals surface area contributed by atoms with E-state index >= 15 is 0 Å². The highest BCUT2D eigenvalue weighted by molar-refractivity contribution is 9.08. The van der Waals surface area contributed by atoms with E-state index < -0.39 is 0 Å². The smallest absolute Gasteiger partial charge is 0.0522 e. The average Bonchev–Trinajstić information content (AvgIpc) is 2.89. The molecule has 1 aromatic carbocycles. The Bertz CT molecular complexity index is 493. The third kappa shape index (κ3) is 3.15. The van der Waals surface area contributed by atoms with E-state index in [-0.39, 0.29) is 0 Å². The van der Waals surface area contributed by atoms with Gasteiger partial charge >= 0.3 is 0 Å². The van der Waals surface area contributed by atoms with Crippen LogP contribution in [0.4, 0.5) is 5.69 Å². The third-order valence-corrected chi connectivity index (χ3v) is 4.57. The number of anilines is 1. The molecule has 0 fully saturated rings. The molecule has 0 saturated carbocycles. The molecule has 0 spiro atoms. The molecule has 1 heterocycles. The molecule has 1 aromatic heterocycles. The van der Waals surface area contributed by atoms with E-state index in [1.165, 1.54) is 21.7 Å². The number of nitrogens with zero attached hydrogens (tertiary/aromatic N) is 1. The van der Waals surface area contributed by atoms with Gasteiger partial charge in [0.2, 0.25) is 0 Å². The standard InChI is InChI=1S/C15H18BrNS/c1-3-17(11-14-5-4-8-18-14)15-7-6-13(10-16)9-12(15)2/h4-9H,3,10-11H2,1-2H3. The van der Waals surface area contributed by atoms with Gasteiger partial charge in [0.05, 0.1) is 6.54 Å². The Labute approximate surface area is 122 Å². The van der Waals surface area contributed by atoms with Gasteiger partial charge in [0.15, 0.2) is 0 Å². The van der Waals surface area contributed by atoms with E-state index in [0.29, 0.717) is 0 Å². The van der Waals surface area contributed by atoms with Gasteiger partial charge < -0.3 is 4.90 Å². The molecular formula is C15H18BrNS. The van der Waals surface area contributed by atoms with Crippen LogP contribution in [-0.4, -0.2) is 6.54 Å². The lowest BCUT2D eigenvalue weighted by atomic mass is 10.1. The molecule has 2 aromatic rings. The van der Waals surface area contributed by atoms with Gasteiger partial charge in [0, 0.05) is 22.4 Å². The van der Waals surface area contributed by atoms with Gasteiger partial charge in [-0.2, -0.15) is 0 Å². The number of thiophene rings is 1. The number of rotatable bonds is 5. The molecule has 0 saturated heterocycles. The molecule has 0 aliphatic heterocycles. The van der Waals surface area contributed by atoms with E-state index in [4.69, 9.17) is 0 Å². The summed E-state index contributed by atoms with van der Waals surface area (Å²) in [7, 11) is 0. The monoisotopic (exact) mass is 323 g/mol. The normalized spacial score (nSPS) is 10.6. The molecule has 0 amide bonds. The minimum atomic E-state index is 0.922. The number of aryl methyl sites for hydroxylation is 1. The lowest BCUT2D eigenvalue weighted by Crippen LogP contribution is -2.22. The highest BCUT2D eigenvalue weighted by atomic mass is 79.9. The molecule has 0 bridgehead atoms. The largest absolute Gasteiger partial charge is 0.366 e. The van der Waals surface area contributed by atoms with Gasteiger partial charge in [-0.25, -0.2) is 0 Å². The molecule has 0 aliphatic carbocycles. The zero-order chi connectivity index (χ0) is 13.0. The van der Waals surface area contributed by atoms with Gasteiger partial charge in [-0.15, -0.1) is 11.3 Å². The van der Waals surface area contributed by atoms with E-state index in [1.54, 1.807) is 0 Å². The summed E-state index contributed by atoms with van der Waals surface area (Å²) >= 11 is 5.33. The van der Waals surface area contributed by atoms with Crippen LogP contribution in [0.3, 0.4) is 0 Å². The second-order valence-corrected chi connectivity index (χ2v) is 5.94. The zero-order valence-electron chi connectivity index (χ0n) is 10.8. The van der Waals surface area contributed by atoms with Gasteiger partial charge in [-0.3, -0.25) is 0 Å². The SMILES string of the molecule is CCN(Cc1cccs1)c1ccc(CBr)cc1C. The maximum Gasteiger partial charge on any atom is 0.0522 e. The highest BCUT2D eigenvalue weighted by Crippen LogP contribution is 2.25. The molecule has 0 N–H and O–H groups in total. The van der Waals surface area contributed by atoms with Crippen molar-refractivity contribution in [2.24, 2.45) is 0 Å². The van der Waals surface area contributed by atoms with Crippen molar-refractivity contribution in [3.05, 3.63) is 51.7 Å². The van der Waals surface area contributed by atoms with Crippen molar-refractivity contribution in [3.8, 4) is 0 Å². The average molecular weight is 324 g/mol. The topological polar surface area (TPSA) is 3.24 Å². The first-order valence-corrected chi connectivity index (χ1v) is 8.17. The Morgan fingerprint density at radius 3 is 2.67 bits per heavy atom. The molecule has 0 radical (unpaired) electrons. The van der Waals surface area contributed by atoms with Crippen LogP contribution in [0.5, 0.6) is 0 Å². The molecular weight excluding hydrogens is 306 g/mol. The molecule has 0 aliphatic rings.